The van der Waals surface area contributed by atoms with Gasteiger partial charge < -0.3 is 9.32 Å². The minimum absolute atomic E-state index is 0.143. The predicted octanol–water partition coefficient (Wildman–Crippen LogP) is 4.48. The maximum atomic E-state index is 13.3. The molecule has 4 aliphatic rings. The van der Waals surface area contributed by atoms with Gasteiger partial charge in [-0.2, -0.15) is 0 Å². The summed E-state index contributed by atoms with van der Waals surface area (Å²) in [5.74, 6) is 1.82. The van der Waals surface area contributed by atoms with Gasteiger partial charge in [0.15, 0.2) is 0 Å². The number of fused-ring (bicyclic) bond motifs is 1. The van der Waals surface area contributed by atoms with Crippen LogP contribution in [0.25, 0.3) is 22.1 Å². The van der Waals surface area contributed by atoms with Gasteiger partial charge in [0, 0.05) is 36.5 Å². The van der Waals surface area contributed by atoms with Crippen molar-refractivity contribution in [2.24, 2.45) is 16.8 Å². The predicted molar refractivity (Wildman–Crippen MR) is 129 cm³/mol. The third-order valence-electron chi connectivity index (χ3n) is 7.84. The highest BCUT2D eigenvalue weighted by atomic mass is 16.3. The Balaban J connectivity index is 1.12. The molecule has 2 aliphatic carbocycles. The molecule has 0 radical (unpaired) electrons. The maximum Gasteiger partial charge on any atom is 0.256 e. The molecule has 7 rings (SSSR count). The van der Waals surface area contributed by atoms with Crippen LogP contribution < -0.4 is 0 Å². The summed E-state index contributed by atoms with van der Waals surface area (Å²) < 4.78 is 5.46. The fourth-order valence-electron chi connectivity index (χ4n) is 5.48. The number of amidine groups is 1. The number of carbonyl (C=O) groups is 2. The number of benzene rings is 2. The van der Waals surface area contributed by atoms with E-state index < -0.39 is 5.54 Å². The van der Waals surface area contributed by atoms with Crippen LogP contribution in [0, 0.1) is 11.8 Å². The molecule has 6 heteroatoms. The van der Waals surface area contributed by atoms with E-state index in [1.165, 1.54) is 0 Å². The number of amides is 2. The molecule has 1 saturated heterocycles. The molecule has 2 aliphatic heterocycles. The Kier molecular flexibility index (Phi) is 4.29. The average molecular weight is 454 g/mol. The second kappa shape index (κ2) is 7.29. The van der Waals surface area contributed by atoms with E-state index in [0.717, 1.165) is 78.7 Å². The summed E-state index contributed by atoms with van der Waals surface area (Å²) in [5.41, 5.74) is 3.59. The van der Waals surface area contributed by atoms with E-state index in [9.17, 15) is 9.59 Å². The van der Waals surface area contributed by atoms with Crippen LogP contribution >= 0.6 is 0 Å². The minimum Gasteiger partial charge on any atom is -0.464 e. The number of hydrogen-bond donors (Lipinski definition) is 0. The van der Waals surface area contributed by atoms with E-state index in [2.05, 4.69) is 36.4 Å². The summed E-state index contributed by atoms with van der Waals surface area (Å²) in [7, 11) is 0. The molecule has 1 aromatic heterocycles. The quantitative estimate of drug-likeness (QED) is 0.572. The Morgan fingerprint density at radius 2 is 1.76 bits per heavy atom. The second-order valence-electron chi connectivity index (χ2n) is 10.3. The molecule has 3 aromatic rings. The van der Waals surface area contributed by atoms with Crippen LogP contribution in [-0.4, -0.2) is 52.6 Å². The lowest BCUT2D eigenvalue weighted by atomic mass is 10.0. The highest BCUT2D eigenvalue weighted by molar-refractivity contribution is 6.16. The van der Waals surface area contributed by atoms with Crippen LogP contribution in [0.3, 0.4) is 0 Å². The highest BCUT2D eigenvalue weighted by Gasteiger charge is 2.57. The Morgan fingerprint density at radius 1 is 1.00 bits per heavy atom. The Hall–Kier alpha value is -3.41. The van der Waals surface area contributed by atoms with Crippen molar-refractivity contribution in [2.45, 2.75) is 37.6 Å². The smallest absolute Gasteiger partial charge is 0.256 e. The van der Waals surface area contributed by atoms with Crippen molar-refractivity contribution < 1.29 is 14.0 Å². The van der Waals surface area contributed by atoms with Crippen molar-refractivity contribution >= 4 is 28.6 Å². The van der Waals surface area contributed by atoms with Crippen LogP contribution in [0.2, 0.25) is 0 Å². The van der Waals surface area contributed by atoms with Crippen molar-refractivity contribution in [3.05, 3.63) is 60.4 Å². The van der Waals surface area contributed by atoms with Gasteiger partial charge in [-0.1, -0.05) is 30.3 Å². The first-order valence-corrected chi connectivity index (χ1v) is 12.4. The fourth-order valence-corrected chi connectivity index (χ4v) is 5.48. The molecule has 172 valence electrons. The zero-order chi connectivity index (χ0) is 22.9. The molecule has 0 unspecified atom stereocenters. The summed E-state index contributed by atoms with van der Waals surface area (Å²) in [6.45, 7) is 2.22. The molecule has 0 bridgehead atoms. The molecule has 0 N–H and O–H groups in total. The molecule has 3 fully saturated rings. The van der Waals surface area contributed by atoms with Crippen LogP contribution in [-0.2, 0) is 9.59 Å². The Morgan fingerprint density at radius 3 is 2.53 bits per heavy atom. The van der Waals surface area contributed by atoms with Gasteiger partial charge >= 0.3 is 0 Å². The third-order valence-corrected chi connectivity index (χ3v) is 7.84. The standard InChI is InChI=1S/C28H27N3O3/c32-26(21-5-6-21)30-13-9-18(16-30)17-31-25(29-28(11-12-28)27(31)33)20-3-1-19(2-4-20)22-7-8-24-23(15-22)10-14-34-24/h1-4,7-8,10,14-15,18,21H,5-6,9,11-13,16-17H2/t18-/m0/s1. The topological polar surface area (TPSA) is 66.1 Å². The van der Waals surface area contributed by atoms with Crippen molar-refractivity contribution in [1.29, 1.82) is 0 Å². The first-order chi connectivity index (χ1) is 16.6. The van der Waals surface area contributed by atoms with E-state index >= 15 is 0 Å². The zero-order valence-electron chi connectivity index (χ0n) is 19.1. The number of nitrogens with zero attached hydrogens (tertiary/aromatic N) is 3. The summed E-state index contributed by atoms with van der Waals surface area (Å²) in [5, 5.41) is 1.08. The van der Waals surface area contributed by atoms with E-state index in [1.54, 1.807) is 6.26 Å². The molecule has 1 atom stereocenters. The fraction of sp³-hybridized carbons (Fsp3) is 0.393. The Bertz CT molecular complexity index is 1330. The van der Waals surface area contributed by atoms with Gasteiger partial charge in [-0.3, -0.25) is 19.5 Å². The molecule has 3 heterocycles. The van der Waals surface area contributed by atoms with Crippen LogP contribution in [0.1, 0.15) is 37.7 Å². The van der Waals surface area contributed by atoms with Crippen LogP contribution in [0.5, 0.6) is 0 Å². The second-order valence-corrected chi connectivity index (χ2v) is 10.3. The lowest BCUT2D eigenvalue weighted by Crippen LogP contribution is -2.40. The summed E-state index contributed by atoms with van der Waals surface area (Å²) >= 11 is 0. The summed E-state index contributed by atoms with van der Waals surface area (Å²) in [4.78, 5) is 34.6. The highest BCUT2D eigenvalue weighted by Crippen LogP contribution is 2.46. The van der Waals surface area contributed by atoms with Crippen molar-refractivity contribution in [3.8, 4) is 11.1 Å². The number of carbonyl (C=O) groups excluding carboxylic acids is 2. The number of furan rings is 1. The molecule has 34 heavy (non-hydrogen) atoms. The summed E-state index contributed by atoms with van der Waals surface area (Å²) in [6.07, 6.45) is 6.42. The minimum atomic E-state index is -0.525. The lowest BCUT2D eigenvalue weighted by molar-refractivity contribution is -0.131. The number of likely N-dealkylation sites (tertiary alicyclic amines) is 1. The number of aliphatic imine (C=N–C) groups is 1. The van der Waals surface area contributed by atoms with E-state index in [4.69, 9.17) is 9.41 Å². The van der Waals surface area contributed by atoms with Crippen molar-refractivity contribution in [2.75, 3.05) is 19.6 Å². The molecule has 2 saturated carbocycles. The van der Waals surface area contributed by atoms with Gasteiger partial charge in [0.2, 0.25) is 5.91 Å². The summed E-state index contributed by atoms with van der Waals surface area (Å²) in [6, 6.07) is 16.5. The molecule has 6 nitrogen and oxygen atoms in total. The normalized spacial score (nSPS) is 23.2. The molecular formula is C28H27N3O3. The van der Waals surface area contributed by atoms with Crippen LogP contribution in [0.4, 0.5) is 0 Å². The first kappa shape index (κ1) is 20.0. The number of hydrogen-bond acceptors (Lipinski definition) is 4. The van der Waals surface area contributed by atoms with Gasteiger partial charge in [-0.25, -0.2) is 0 Å². The van der Waals surface area contributed by atoms with Crippen molar-refractivity contribution in [1.82, 2.24) is 9.80 Å². The zero-order valence-corrected chi connectivity index (χ0v) is 19.1. The van der Waals surface area contributed by atoms with Gasteiger partial charge in [0.05, 0.1) is 6.26 Å². The monoisotopic (exact) mass is 453 g/mol. The molecular weight excluding hydrogens is 426 g/mol. The van der Waals surface area contributed by atoms with Crippen LogP contribution in [0.15, 0.2) is 64.2 Å². The van der Waals surface area contributed by atoms with Gasteiger partial charge in [0.1, 0.15) is 17.0 Å². The van der Waals surface area contributed by atoms with E-state index in [0.29, 0.717) is 18.4 Å². The average Bonchev–Trinajstić information content (AvgIpc) is 3.74. The SMILES string of the molecule is O=C(C1CC1)N1CC[C@H](CN2C(=O)C3(CC3)N=C2c2ccc(-c3ccc4occc4c3)cc2)C1. The third kappa shape index (κ3) is 3.27. The maximum absolute atomic E-state index is 13.3. The first-order valence-electron chi connectivity index (χ1n) is 12.4. The van der Waals surface area contributed by atoms with E-state index in [1.807, 2.05) is 21.9 Å². The number of rotatable bonds is 5. The largest absolute Gasteiger partial charge is 0.464 e. The lowest BCUT2D eigenvalue weighted by Gasteiger charge is -2.23. The van der Waals surface area contributed by atoms with Crippen molar-refractivity contribution in [3.63, 3.8) is 0 Å². The molecule has 1 spiro atoms. The van der Waals surface area contributed by atoms with E-state index in [-0.39, 0.29) is 11.8 Å². The molecule has 2 amide bonds. The molecule has 2 aromatic carbocycles. The Labute approximate surface area is 198 Å². The van der Waals surface area contributed by atoms with Gasteiger partial charge in [0.25, 0.3) is 5.91 Å². The van der Waals surface area contributed by atoms with Gasteiger partial charge in [-0.05, 0) is 67.3 Å². The van der Waals surface area contributed by atoms with Gasteiger partial charge in [-0.15, -0.1) is 0 Å².